The number of ether oxygens (including phenoxy) is 2. The van der Waals surface area contributed by atoms with Gasteiger partial charge in [-0.05, 0) is 18.6 Å². The molecule has 0 aliphatic rings. The summed E-state index contributed by atoms with van der Waals surface area (Å²) < 4.78 is 10.0. The maximum Gasteiger partial charge on any atom is 0.404 e. The van der Waals surface area contributed by atoms with Gasteiger partial charge in [-0.15, -0.1) is 0 Å². The van der Waals surface area contributed by atoms with Crippen LogP contribution in [0.15, 0.2) is 30.8 Å². The quantitative estimate of drug-likeness (QED) is 0.775. The van der Waals surface area contributed by atoms with Crippen LogP contribution >= 0.6 is 0 Å². The molecule has 1 aromatic rings. The highest BCUT2D eigenvalue weighted by molar-refractivity contribution is 5.67. The molecule has 0 bridgehead atoms. The third-order valence-corrected chi connectivity index (χ3v) is 1.93. The predicted octanol–water partition coefficient (Wildman–Crippen LogP) is 2.19. The normalized spacial score (nSPS) is 9.56. The summed E-state index contributed by atoms with van der Waals surface area (Å²) in [6.07, 6.45) is -0.795. The molecule has 0 aromatic heterocycles. The summed E-state index contributed by atoms with van der Waals surface area (Å²) in [5.74, 6) is 0.725. The minimum atomic E-state index is -0.795. The summed E-state index contributed by atoms with van der Waals surface area (Å²) in [6, 6.07) is 7.55. The lowest BCUT2D eigenvalue weighted by Crippen LogP contribution is -2.17. The second-order valence-electron chi connectivity index (χ2n) is 3.29. The fraction of sp³-hybridized carbons (Fsp3) is 0.250. The van der Waals surface area contributed by atoms with Crippen molar-refractivity contribution in [3.05, 3.63) is 36.4 Å². The van der Waals surface area contributed by atoms with Gasteiger partial charge in [-0.3, -0.25) is 0 Å². The molecule has 0 radical (unpaired) electrons. The number of carbonyl (C=O) groups is 1. The summed E-state index contributed by atoms with van der Waals surface area (Å²) in [4.78, 5) is 10.3. The van der Waals surface area contributed by atoms with Gasteiger partial charge >= 0.3 is 6.09 Å². The Hall–Kier alpha value is -1.97. The molecular formula is C12H15NO3. The van der Waals surface area contributed by atoms with E-state index < -0.39 is 6.09 Å². The molecule has 0 aliphatic carbocycles. The van der Waals surface area contributed by atoms with Crippen LogP contribution in [0.25, 0.3) is 5.57 Å². The van der Waals surface area contributed by atoms with E-state index in [1.807, 2.05) is 31.2 Å². The van der Waals surface area contributed by atoms with Gasteiger partial charge in [0, 0.05) is 5.56 Å². The van der Waals surface area contributed by atoms with Gasteiger partial charge < -0.3 is 15.2 Å². The lowest BCUT2D eigenvalue weighted by Gasteiger charge is -2.10. The highest BCUT2D eigenvalue weighted by atomic mass is 16.6. The summed E-state index contributed by atoms with van der Waals surface area (Å²) in [7, 11) is 0. The summed E-state index contributed by atoms with van der Waals surface area (Å²) >= 11 is 0. The second-order valence-corrected chi connectivity index (χ2v) is 3.29. The minimum Gasteiger partial charge on any atom is -0.489 e. The molecule has 2 N–H and O–H groups in total. The Morgan fingerprint density at radius 1 is 1.38 bits per heavy atom. The Labute approximate surface area is 94.7 Å². The maximum absolute atomic E-state index is 10.3. The Bertz CT molecular complexity index is 388. The second kappa shape index (κ2) is 5.80. The van der Waals surface area contributed by atoms with Crippen molar-refractivity contribution in [3.63, 3.8) is 0 Å². The molecule has 0 atom stereocenters. The number of hydrogen-bond donors (Lipinski definition) is 1. The van der Waals surface area contributed by atoms with E-state index >= 15 is 0 Å². The van der Waals surface area contributed by atoms with Crippen molar-refractivity contribution in [2.24, 2.45) is 5.73 Å². The van der Waals surface area contributed by atoms with Crippen molar-refractivity contribution in [1.82, 2.24) is 0 Å². The van der Waals surface area contributed by atoms with E-state index in [0.29, 0.717) is 0 Å². The van der Waals surface area contributed by atoms with E-state index in [1.165, 1.54) is 0 Å². The molecule has 16 heavy (non-hydrogen) atoms. The first-order valence-electron chi connectivity index (χ1n) is 4.91. The number of primary amides is 1. The van der Waals surface area contributed by atoms with Crippen molar-refractivity contribution in [3.8, 4) is 5.75 Å². The predicted molar refractivity (Wildman–Crippen MR) is 62.2 cm³/mol. The molecule has 0 saturated carbocycles. The summed E-state index contributed by atoms with van der Waals surface area (Å²) in [5, 5.41) is 0. The standard InChI is InChI=1S/C12H15NO3/c1-9(2)10-5-3-4-6-11(10)15-7-8-16-12(13)14/h3-6H,1,7-8H2,2H3,(H2,13,14). The van der Waals surface area contributed by atoms with Crippen LogP contribution in [0.3, 0.4) is 0 Å². The van der Waals surface area contributed by atoms with Crippen LogP contribution in [0, 0.1) is 0 Å². The third-order valence-electron chi connectivity index (χ3n) is 1.93. The van der Waals surface area contributed by atoms with Crippen LogP contribution in [0.4, 0.5) is 4.79 Å². The minimum absolute atomic E-state index is 0.139. The largest absolute Gasteiger partial charge is 0.489 e. The number of carbonyl (C=O) groups excluding carboxylic acids is 1. The molecule has 86 valence electrons. The van der Waals surface area contributed by atoms with E-state index in [4.69, 9.17) is 10.5 Å². The lowest BCUT2D eigenvalue weighted by atomic mass is 10.1. The molecule has 1 amide bonds. The molecule has 0 saturated heterocycles. The Balaban J connectivity index is 2.53. The van der Waals surface area contributed by atoms with Crippen molar-refractivity contribution < 1.29 is 14.3 Å². The van der Waals surface area contributed by atoms with E-state index in [2.05, 4.69) is 11.3 Å². The topological polar surface area (TPSA) is 61.6 Å². The monoisotopic (exact) mass is 221 g/mol. The van der Waals surface area contributed by atoms with Crippen LogP contribution in [0.1, 0.15) is 12.5 Å². The van der Waals surface area contributed by atoms with Gasteiger partial charge in [0.1, 0.15) is 19.0 Å². The molecule has 0 fully saturated rings. The highest BCUT2D eigenvalue weighted by Gasteiger charge is 2.03. The van der Waals surface area contributed by atoms with Gasteiger partial charge in [0.15, 0.2) is 0 Å². The zero-order valence-electron chi connectivity index (χ0n) is 9.23. The number of benzene rings is 1. The van der Waals surface area contributed by atoms with Crippen LogP contribution in [-0.4, -0.2) is 19.3 Å². The Morgan fingerprint density at radius 3 is 2.69 bits per heavy atom. The molecule has 0 unspecified atom stereocenters. The highest BCUT2D eigenvalue weighted by Crippen LogP contribution is 2.23. The first-order chi connectivity index (χ1) is 7.61. The van der Waals surface area contributed by atoms with Crippen molar-refractivity contribution >= 4 is 11.7 Å². The fourth-order valence-corrected chi connectivity index (χ4v) is 1.24. The Morgan fingerprint density at radius 2 is 2.06 bits per heavy atom. The van der Waals surface area contributed by atoms with Gasteiger partial charge in [-0.25, -0.2) is 4.79 Å². The number of nitrogens with two attached hydrogens (primary N) is 1. The van der Waals surface area contributed by atoms with Gasteiger partial charge in [-0.2, -0.15) is 0 Å². The average molecular weight is 221 g/mol. The van der Waals surface area contributed by atoms with Crippen LogP contribution in [-0.2, 0) is 4.74 Å². The zero-order chi connectivity index (χ0) is 12.0. The van der Waals surface area contributed by atoms with Gasteiger partial charge in [0.2, 0.25) is 0 Å². The summed E-state index contributed by atoms with van der Waals surface area (Å²) in [6.45, 7) is 6.17. The number of amides is 1. The maximum atomic E-state index is 10.3. The third kappa shape index (κ3) is 3.65. The van der Waals surface area contributed by atoms with E-state index in [-0.39, 0.29) is 13.2 Å². The van der Waals surface area contributed by atoms with E-state index in [0.717, 1.165) is 16.9 Å². The molecular weight excluding hydrogens is 206 g/mol. The van der Waals surface area contributed by atoms with Crippen LogP contribution in [0.5, 0.6) is 5.75 Å². The molecule has 1 rings (SSSR count). The first kappa shape index (κ1) is 12.1. The number of hydrogen-bond acceptors (Lipinski definition) is 3. The molecule has 0 spiro atoms. The molecule has 4 heteroatoms. The van der Waals surface area contributed by atoms with Gasteiger partial charge in [0.05, 0.1) is 0 Å². The van der Waals surface area contributed by atoms with Crippen LogP contribution < -0.4 is 10.5 Å². The zero-order valence-corrected chi connectivity index (χ0v) is 9.23. The van der Waals surface area contributed by atoms with Crippen molar-refractivity contribution in [1.29, 1.82) is 0 Å². The SMILES string of the molecule is C=C(C)c1ccccc1OCCOC(N)=O. The average Bonchev–Trinajstić information content (AvgIpc) is 2.24. The van der Waals surface area contributed by atoms with E-state index in [1.54, 1.807) is 0 Å². The fourth-order valence-electron chi connectivity index (χ4n) is 1.24. The molecule has 1 aromatic carbocycles. The number of allylic oxidation sites excluding steroid dienone is 1. The smallest absolute Gasteiger partial charge is 0.404 e. The molecule has 4 nitrogen and oxygen atoms in total. The van der Waals surface area contributed by atoms with Crippen LogP contribution in [0.2, 0.25) is 0 Å². The van der Waals surface area contributed by atoms with Gasteiger partial charge in [0.25, 0.3) is 0 Å². The molecule has 0 heterocycles. The first-order valence-corrected chi connectivity index (χ1v) is 4.91. The summed E-state index contributed by atoms with van der Waals surface area (Å²) in [5.41, 5.74) is 6.69. The lowest BCUT2D eigenvalue weighted by molar-refractivity contribution is 0.133. The number of rotatable bonds is 5. The number of para-hydroxylation sites is 1. The van der Waals surface area contributed by atoms with Crippen molar-refractivity contribution in [2.75, 3.05) is 13.2 Å². The van der Waals surface area contributed by atoms with Crippen molar-refractivity contribution in [2.45, 2.75) is 6.92 Å². The van der Waals surface area contributed by atoms with E-state index in [9.17, 15) is 4.79 Å². The Kier molecular flexibility index (Phi) is 4.39. The van der Waals surface area contributed by atoms with Gasteiger partial charge in [-0.1, -0.05) is 24.8 Å². The molecule has 0 aliphatic heterocycles.